The zero-order valence-corrected chi connectivity index (χ0v) is 31.4. The van der Waals surface area contributed by atoms with E-state index in [1.165, 1.54) is 5.57 Å². The third kappa shape index (κ3) is 6.90. The van der Waals surface area contributed by atoms with Gasteiger partial charge in [-0.1, -0.05) is 49.8 Å². The van der Waals surface area contributed by atoms with Crippen molar-refractivity contribution in [2.45, 2.75) is 146 Å². The number of rotatable bonds is 7. The van der Waals surface area contributed by atoms with Crippen LogP contribution in [-0.4, -0.2) is 81.7 Å². The normalized spacial score (nSPS) is 43.2. The molecule has 8 nitrogen and oxygen atoms in total. The standard InChI is InChI=1S/C34H48O7S.C6H10O/c1-19(35)24-14-16-34(38)25-12-11-21-17-22(13-15-32(21,3)26(25)18-27(36)33(24,34)4)41-31-30(42-23-9-7-6-8-10-23)29(39-5)28(37)20(2)40-31;1-4-5(2)6(3)7/h6-11,20,22,24-31,36-38H,12-18H2,1-5H3;4H,1-3H3/b;5-4+/t20?,22?,24?,25?,26?,27-,28?,29?,30?,31?,32+,33+,34+;/m1./s1. The van der Waals surface area contributed by atoms with Gasteiger partial charge in [-0.05, 0) is 115 Å². The van der Waals surface area contributed by atoms with E-state index in [9.17, 15) is 24.9 Å². The summed E-state index contributed by atoms with van der Waals surface area (Å²) in [5, 5.41) is 34.5. The largest absolute Gasteiger partial charge is 0.392 e. The lowest BCUT2D eigenvalue weighted by atomic mass is 9.45. The van der Waals surface area contributed by atoms with Crippen molar-refractivity contribution in [3.8, 4) is 0 Å². The molecule has 0 bridgehead atoms. The Bertz CT molecular complexity index is 1410. The van der Waals surface area contributed by atoms with Gasteiger partial charge in [0, 0.05) is 23.3 Å². The molecule has 9 unspecified atom stereocenters. The minimum Gasteiger partial charge on any atom is -0.392 e. The highest BCUT2D eigenvalue weighted by Gasteiger charge is 2.70. The fraction of sp³-hybridized carbons (Fsp3) is 0.700. The number of fused-ring (bicyclic) bond motifs is 5. The first-order valence-electron chi connectivity index (χ1n) is 18.1. The maximum absolute atomic E-state index is 12.6. The first-order chi connectivity index (χ1) is 23.1. The topological polar surface area (TPSA) is 123 Å². The van der Waals surface area contributed by atoms with Crippen molar-refractivity contribution in [2.24, 2.45) is 28.6 Å². The summed E-state index contributed by atoms with van der Waals surface area (Å²) in [6.45, 7) is 13.0. The summed E-state index contributed by atoms with van der Waals surface area (Å²) < 4.78 is 18.9. The fourth-order valence-electron chi connectivity index (χ4n) is 9.88. The molecule has 3 N–H and O–H groups in total. The highest BCUT2D eigenvalue weighted by atomic mass is 32.2. The van der Waals surface area contributed by atoms with Crippen molar-refractivity contribution < 1.29 is 39.1 Å². The average Bonchev–Trinajstić information content (AvgIpc) is 3.37. The maximum atomic E-state index is 12.6. The van der Waals surface area contributed by atoms with Crippen molar-refractivity contribution in [1.29, 1.82) is 0 Å². The smallest absolute Gasteiger partial charge is 0.173 e. The second kappa shape index (κ2) is 15.0. The predicted octanol–water partition coefficient (Wildman–Crippen LogP) is 6.45. The summed E-state index contributed by atoms with van der Waals surface area (Å²) in [6, 6.07) is 10.1. The van der Waals surface area contributed by atoms with Gasteiger partial charge in [0.25, 0.3) is 0 Å². The minimum atomic E-state index is -1.05. The summed E-state index contributed by atoms with van der Waals surface area (Å²) in [4.78, 5) is 23.9. The van der Waals surface area contributed by atoms with E-state index in [2.05, 4.69) is 25.1 Å². The molecule has 1 aromatic carbocycles. The molecule has 4 fully saturated rings. The molecule has 3 saturated carbocycles. The zero-order valence-electron chi connectivity index (χ0n) is 30.6. The van der Waals surface area contributed by atoms with Gasteiger partial charge in [0.2, 0.25) is 0 Å². The number of ketones is 2. The number of methoxy groups -OCH3 is 1. The molecule has 4 aliphatic carbocycles. The van der Waals surface area contributed by atoms with E-state index in [4.69, 9.17) is 14.2 Å². The molecular formula is C40H58O8S. The highest BCUT2D eigenvalue weighted by molar-refractivity contribution is 8.00. The molecule has 0 radical (unpaired) electrons. The highest BCUT2D eigenvalue weighted by Crippen LogP contribution is 2.68. The van der Waals surface area contributed by atoms with Gasteiger partial charge in [0.1, 0.15) is 18.0 Å². The van der Waals surface area contributed by atoms with Crippen LogP contribution in [0.4, 0.5) is 0 Å². The van der Waals surface area contributed by atoms with Crippen LogP contribution in [-0.2, 0) is 23.8 Å². The summed E-state index contributed by atoms with van der Waals surface area (Å²) in [7, 11) is 1.64. The van der Waals surface area contributed by atoms with Crippen LogP contribution < -0.4 is 0 Å². The Balaban J connectivity index is 0.000000606. The van der Waals surface area contributed by atoms with Crippen molar-refractivity contribution in [3.63, 3.8) is 0 Å². The van der Waals surface area contributed by atoms with E-state index in [-0.39, 0.29) is 46.1 Å². The molecule has 1 aromatic rings. The lowest BCUT2D eigenvalue weighted by molar-refractivity contribution is -0.262. The summed E-state index contributed by atoms with van der Waals surface area (Å²) in [5.41, 5.74) is 0.193. The molecule has 49 heavy (non-hydrogen) atoms. The predicted molar refractivity (Wildman–Crippen MR) is 191 cm³/mol. The van der Waals surface area contributed by atoms with Gasteiger partial charge >= 0.3 is 0 Å². The SMILES string of the molecule is C/C=C(\C)C(C)=O.COC1C(O)C(C)OC(OC2CC[C@@]3(C)C(=CCC4C3C[C@@H](O)[C@]3(C)C(C(C)=O)CC[C@]43O)C2)C1Sc1ccccc1. The number of carbonyl (C=O) groups is 2. The van der Waals surface area contributed by atoms with Gasteiger partial charge in [-0.25, -0.2) is 0 Å². The van der Waals surface area contributed by atoms with Crippen molar-refractivity contribution >= 4 is 23.3 Å². The number of aliphatic hydroxyl groups excluding tert-OH is 2. The third-order valence-electron chi connectivity index (χ3n) is 13.2. The lowest BCUT2D eigenvalue weighted by Gasteiger charge is -2.62. The van der Waals surface area contributed by atoms with Gasteiger partial charge in [0.05, 0.1) is 29.2 Å². The Morgan fingerprint density at radius 1 is 1.04 bits per heavy atom. The molecule has 6 rings (SSSR count). The average molecular weight is 699 g/mol. The van der Waals surface area contributed by atoms with Gasteiger partial charge < -0.3 is 29.5 Å². The number of hydrogen-bond acceptors (Lipinski definition) is 9. The molecule has 5 aliphatic rings. The molecule has 13 atom stereocenters. The second-order valence-corrected chi connectivity index (χ2v) is 16.8. The Kier molecular flexibility index (Phi) is 11.8. The molecule has 1 heterocycles. The number of allylic oxidation sites excluding steroid dienone is 3. The van der Waals surface area contributed by atoms with Crippen molar-refractivity contribution in [3.05, 3.63) is 53.6 Å². The van der Waals surface area contributed by atoms with Crippen LogP contribution in [0.2, 0.25) is 0 Å². The first kappa shape index (κ1) is 38.4. The van der Waals surface area contributed by atoms with Crippen molar-refractivity contribution in [2.75, 3.05) is 7.11 Å². The van der Waals surface area contributed by atoms with Crippen LogP contribution in [0.3, 0.4) is 0 Å². The first-order valence-corrected chi connectivity index (χ1v) is 19.0. The fourth-order valence-corrected chi connectivity index (χ4v) is 11.2. The zero-order chi connectivity index (χ0) is 35.9. The monoisotopic (exact) mass is 698 g/mol. The van der Waals surface area contributed by atoms with Crippen LogP contribution in [0.1, 0.15) is 93.4 Å². The van der Waals surface area contributed by atoms with Crippen LogP contribution >= 0.6 is 11.8 Å². The lowest BCUT2D eigenvalue weighted by Crippen LogP contribution is -2.66. The number of ether oxygens (including phenoxy) is 3. The van der Waals surface area contributed by atoms with Gasteiger partial charge in [-0.2, -0.15) is 0 Å². The van der Waals surface area contributed by atoms with Crippen LogP contribution in [0.15, 0.2) is 58.5 Å². The van der Waals surface area contributed by atoms with E-state index in [0.29, 0.717) is 19.3 Å². The molecule has 1 aliphatic heterocycles. The molecule has 272 valence electrons. The molecule has 9 heteroatoms. The van der Waals surface area contributed by atoms with E-state index in [1.807, 2.05) is 52.0 Å². The maximum Gasteiger partial charge on any atom is 0.173 e. The van der Waals surface area contributed by atoms with Gasteiger partial charge in [-0.15, -0.1) is 11.8 Å². The number of aliphatic hydroxyl groups is 3. The van der Waals surface area contributed by atoms with Gasteiger partial charge in [-0.3, -0.25) is 9.59 Å². The quantitative estimate of drug-likeness (QED) is 0.218. The summed E-state index contributed by atoms with van der Waals surface area (Å²) in [6.07, 6.45) is 6.34. The Hall–Kier alpha value is -1.85. The third-order valence-corrected chi connectivity index (χ3v) is 14.5. The van der Waals surface area contributed by atoms with Crippen LogP contribution in [0.5, 0.6) is 0 Å². The van der Waals surface area contributed by atoms with Crippen LogP contribution in [0, 0.1) is 28.6 Å². The van der Waals surface area contributed by atoms with Crippen molar-refractivity contribution in [1.82, 2.24) is 0 Å². The van der Waals surface area contributed by atoms with E-state index < -0.39 is 41.7 Å². The molecule has 1 saturated heterocycles. The number of hydrogen-bond donors (Lipinski definition) is 3. The Morgan fingerprint density at radius 3 is 2.33 bits per heavy atom. The van der Waals surface area contributed by atoms with Crippen LogP contribution in [0.25, 0.3) is 0 Å². The molecular weight excluding hydrogens is 640 g/mol. The number of Topliss-reactive ketones (excluding diaryl/α,β-unsaturated/α-hetero) is 2. The van der Waals surface area contributed by atoms with E-state index in [1.54, 1.807) is 32.7 Å². The summed E-state index contributed by atoms with van der Waals surface area (Å²) >= 11 is 1.62. The molecule has 0 aromatic heterocycles. The molecule has 0 spiro atoms. The Labute approximate surface area is 297 Å². The summed E-state index contributed by atoms with van der Waals surface area (Å²) in [5.74, 6) is 0.113. The minimum absolute atomic E-state index is 0.0274. The van der Waals surface area contributed by atoms with E-state index >= 15 is 0 Å². The number of carbonyl (C=O) groups excluding carboxylic acids is 2. The van der Waals surface area contributed by atoms with Gasteiger partial charge in [0.15, 0.2) is 12.1 Å². The Morgan fingerprint density at radius 2 is 1.73 bits per heavy atom. The van der Waals surface area contributed by atoms with E-state index in [0.717, 1.165) is 36.2 Å². The number of thioether (sulfide) groups is 1. The molecule has 0 amide bonds. The number of benzene rings is 1. The second-order valence-electron chi connectivity index (χ2n) is 15.6.